The maximum absolute atomic E-state index is 15.4. The Balaban J connectivity index is 1.67. The van der Waals surface area contributed by atoms with Gasteiger partial charge in [0.2, 0.25) is 11.1 Å². The van der Waals surface area contributed by atoms with Gasteiger partial charge < -0.3 is 4.42 Å². The molecule has 8 heteroatoms. The summed E-state index contributed by atoms with van der Waals surface area (Å²) in [4.78, 5) is 20.3. The zero-order valence-corrected chi connectivity index (χ0v) is 16.5. The molecule has 0 saturated carbocycles. The Bertz CT molecular complexity index is 1140. The summed E-state index contributed by atoms with van der Waals surface area (Å²) < 4.78 is 36.0. The first kappa shape index (κ1) is 19.1. The molecule has 0 fully saturated rings. The number of oxazole rings is 1. The van der Waals surface area contributed by atoms with Gasteiger partial charge >= 0.3 is 0 Å². The zero-order chi connectivity index (χ0) is 20.6. The number of halogens is 2. The highest BCUT2D eigenvalue weighted by Crippen LogP contribution is 2.68. The molecule has 1 aliphatic rings. The normalized spacial score (nSPS) is 16.5. The summed E-state index contributed by atoms with van der Waals surface area (Å²) in [6.07, 6.45) is 2.92. The van der Waals surface area contributed by atoms with E-state index in [1.54, 1.807) is 55.5 Å². The van der Waals surface area contributed by atoms with Crippen LogP contribution in [0.1, 0.15) is 28.4 Å². The van der Waals surface area contributed by atoms with Crippen molar-refractivity contribution in [2.24, 2.45) is 4.99 Å². The van der Waals surface area contributed by atoms with Gasteiger partial charge in [-0.15, -0.1) is 7.77 Å². The van der Waals surface area contributed by atoms with Crippen molar-refractivity contribution in [1.82, 2.24) is 10.3 Å². The third-order valence-electron chi connectivity index (χ3n) is 4.51. The second-order valence-electron chi connectivity index (χ2n) is 6.49. The third-order valence-corrected chi connectivity index (χ3v) is 6.22. The molecule has 2 aromatic carbocycles. The Kier molecular flexibility index (Phi) is 4.79. The van der Waals surface area contributed by atoms with E-state index in [0.717, 1.165) is 0 Å². The van der Waals surface area contributed by atoms with Gasteiger partial charge in [-0.3, -0.25) is 10.1 Å². The molecule has 2 heterocycles. The van der Waals surface area contributed by atoms with Crippen LogP contribution >= 0.6 is 10.8 Å². The summed E-state index contributed by atoms with van der Waals surface area (Å²) in [5, 5.41) is 1.71. The summed E-state index contributed by atoms with van der Waals surface area (Å²) in [7, 11) is -4.49. The van der Waals surface area contributed by atoms with Crippen molar-refractivity contribution in [3.05, 3.63) is 83.4 Å². The summed E-state index contributed by atoms with van der Waals surface area (Å²) in [5.74, 6) is -0.268. The van der Waals surface area contributed by atoms with E-state index in [4.69, 9.17) is 4.42 Å². The van der Waals surface area contributed by atoms with Crippen molar-refractivity contribution in [2.45, 2.75) is 13.8 Å². The smallest absolute Gasteiger partial charge is 0.257 e. The number of carbonyl (C=O) groups is 1. The number of benzene rings is 2. The van der Waals surface area contributed by atoms with E-state index >= 15 is 7.77 Å². The van der Waals surface area contributed by atoms with Gasteiger partial charge in [-0.1, -0.05) is 24.3 Å². The number of hydrogen-bond acceptors (Lipinski definition) is 4. The number of nitrogens with one attached hydrogen (secondary N) is 1. The minimum Gasteiger partial charge on any atom is -0.445 e. The Morgan fingerprint density at radius 3 is 2.55 bits per heavy atom. The van der Waals surface area contributed by atoms with Crippen molar-refractivity contribution in [3.8, 4) is 11.5 Å². The quantitative estimate of drug-likeness (QED) is 0.598. The Morgan fingerprint density at radius 1 is 1.10 bits per heavy atom. The van der Waals surface area contributed by atoms with Crippen molar-refractivity contribution in [2.75, 3.05) is 0 Å². The van der Waals surface area contributed by atoms with Gasteiger partial charge in [0.25, 0.3) is 5.91 Å². The standard InChI is InChI=1S/C21H17F2N3O2S/c1-13-8-9-16(20-24-10-11-28-20)12-17(13)18-14(2)25-21(29(18,22)23)26-19(27)15-6-4-3-5-7-15/h3-12H,1-2H3,(H,25,26,27). The fourth-order valence-electron chi connectivity index (χ4n) is 3.09. The second kappa shape index (κ2) is 7.29. The molecule has 0 unspecified atom stereocenters. The molecule has 0 bridgehead atoms. The number of nitrogens with zero attached hydrogens (tertiary/aromatic N) is 2. The molecule has 29 heavy (non-hydrogen) atoms. The number of aliphatic imine (C=N–C) groups is 1. The average Bonchev–Trinajstić information content (AvgIpc) is 3.30. The molecule has 1 aliphatic heterocycles. The van der Waals surface area contributed by atoms with Crippen LogP contribution in [0.5, 0.6) is 0 Å². The van der Waals surface area contributed by atoms with Gasteiger partial charge in [-0.05, 0) is 49.2 Å². The molecule has 1 aromatic heterocycles. The molecule has 0 spiro atoms. The first-order valence-corrected chi connectivity index (χ1v) is 10.2. The summed E-state index contributed by atoms with van der Waals surface area (Å²) in [6.45, 7) is 3.28. The first-order valence-electron chi connectivity index (χ1n) is 8.77. The number of hydrogen-bond donors (Lipinski definition) is 1. The van der Waals surface area contributed by atoms with Gasteiger partial charge in [-0.2, -0.15) is 0 Å². The fourth-order valence-corrected chi connectivity index (χ4v) is 4.67. The van der Waals surface area contributed by atoms with Crippen LogP contribution in [0.4, 0.5) is 7.77 Å². The zero-order valence-electron chi connectivity index (χ0n) is 15.6. The molecule has 5 nitrogen and oxygen atoms in total. The molecule has 0 atom stereocenters. The largest absolute Gasteiger partial charge is 0.445 e. The number of rotatable bonds is 3. The van der Waals surface area contributed by atoms with E-state index in [0.29, 0.717) is 28.1 Å². The van der Waals surface area contributed by atoms with E-state index in [2.05, 4.69) is 15.3 Å². The van der Waals surface area contributed by atoms with Gasteiger partial charge in [0, 0.05) is 11.1 Å². The highest BCUT2D eigenvalue weighted by Gasteiger charge is 2.43. The van der Waals surface area contributed by atoms with Crippen LogP contribution in [0.2, 0.25) is 0 Å². The molecule has 3 aromatic rings. The monoisotopic (exact) mass is 413 g/mol. The van der Waals surface area contributed by atoms with Crippen molar-refractivity contribution in [1.29, 1.82) is 0 Å². The molecule has 148 valence electrons. The summed E-state index contributed by atoms with van der Waals surface area (Å²) in [5.41, 5.74) is 2.10. The number of aryl methyl sites for hydroxylation is 1. The van der Waals surface area contributed by atoms with Gasteiger partial charge in [-0.25, -0.2) is 9.98 Å². The lowest BCUT2D eigenvalue weighted by atomic mass is 10.0. The maximum Gasteiger partial charge on any atom is 0.257 e. The van der Waals surface area contributed by atoms with Crippen molar-refractivity contribution < 1.29 is 17.0 Å². The van der Waals surface area contributed by atoms with E-state index in [9.17, 15) is 4.79 Å². The highest BCUT2D eigenvalue weighted by atomic mass is 32.3. The molecule has 1 amide bonds. The number of amides is 1. The molecular formula is C21H17F2N3O2S. The SMILES string of the molecule is CC1=C(c2cc(-c3ncco3)ccc2C)S(F)(F)C(NC(=O)c2ccccc2)=N1. The minimum atomic E-state index is -4.49. The predicted octanol–water partition coefficient (Wildman–Crippen LogP) is 5.71. The maximum atomic E-state index is 15.4. The van der Waals surface area contributed by atoms with Crippen LogP contribution in [0, 0.1) is 6.92 Å². The molecular weight excluding hydrogens is 396 g/mol. The Hall–Kier alpha value is -3.26. The van der Waals surface area contributed by atoms with Gasteiger partial charge in [0.1, 0.15) is 17.1 Å². The van der Waals surface area contributed by atoms with Crippen LogP contribution in [0.25, 0.3) is 16.4 Å². The number of carbonyl (C=O) groups excluding carboxylic acids is 1. The molecule has 1 N–H and O–H groups in total. The lowest BCUT2D eigenvalue weighted by Gasteiger charge is -2.22. The van der Waals surface area contributed by atoms with Gasteiger partial charge in [0.05, 0.1) is 16.8 Å². The second-order valence-corrected chi connectivity index (χ2v) is 8.22. The van der Waals surface area contributed by atoms with Crippen molar-refractivity contribution in [3.63, 3.8) is 0 Å². The van der Waals surface area contributed by atoms with E-state index in [1.807, 2.05) is 0 Å². The number of allylic oxidation sites excluding steroid dienone is 1. The van der Waals surface area contributed by atoms with E-state index < -0.39 is 21.9 Å². The Labute approximate surface area is 168 Å². The van der Waals surface area contributed by atoms with Crippen LogP contribution < -0.4 is 5.32 Å². The van der Waals surface area contributed by atoms with Crippen molar-refractivity contribution >= 4 is 26.8 Å². The summed E-state index contributed by atoms with van der Waals surface area (Å²) in [6, 6.07) is 13.3. The third kappa shape index (κ3) is 3.47. The highest BCUT2D eigenvalue weighted by molar-refractivity contribution is 8.44. The molecule has 0 aliphatic carbocycles. The fraction of sp³-hybridized carbons (Fsp3) is 0.0952. The minimum absolute atomic E-state index is 0.160. The summed E-state index contributed by atoms with van der Waals surface area (Å²) >= 11 is 0. The van der Waals surface area contributed by atoms with E-state index in [-0.39, 0.29) is 10.6 Å². The molecule has 0 saturated heterocycles. The number of aromatic nitrogens is 1. The first-order chi connectivity index (χ1) is 13.9. The predicted molar refractivity (Wildman–Crippen MR) is 110 cm³/mol. The van der Waals surface area contributed by atoms with Crippen LogP contribution in [-0.2, 0) is 0 Å². The Morgan fingerprint density at radius 2 is 1.86 bits per heavy atom. The molecule has 4 rings (SSSR count). The lowest BCUT2D eigenvalue weighted by Crippen LogP contribution is -2.30. The topological polar surface area (TPSA) is 67.5 Å². The van der Waals surface area contributed by atoms with Crippen LogP contribution in [-0.4, -0.2) is 16.1 Å². The molecule has 0 radical (unpaired) electrons. The van der Waals surface area contributed by atoms with E-state index in [1.165, 1.54) is 19.4 Å². The van der Waals surface area contributed by atoms with Crippen LogP contribution in [0.15, 0.2) is 76.1 Å². The number of amidine groups is 1. The van der Waals surface area contributed by atoms with Gasteiger partial charge in [0.15, 0.2) is 0 Å². The average molecular weight is 413 g/mol. The lowest BCUT2D eigenvalue weighted by molar-refractivity contribution is 0.0977. The van der Waals surface area contributed by atoms with Crippen LogP contribution in [0.3, 0.4) is 0 Å².